The summed E-state index contributed by atoms with van der Waals surface area (Å²) >= 11 is 0. The lowest BCUT2D eigenvalue weighted by atomic mass is 10.1. The van der Waals surface area contributed by atoms with E-state index in [0.29, 0.717) is 0 Å². The van der Waals surface area contributed by atoms with Gasteiger partial charge in [0.1, 0.15) is 11.6 Å². The molecule has 3 nitrogen and oxygen atoms in total. The maximum atomic E-state index is 12.6. The first kappa shape index (κ1) is 10.4. The monoisotopic (exact) mass is 198 g/mol. The summed E-state index contributed by atoms with van der Waals surface area (Å²) in [5, 5.41) is 8.70. The summed E-state index contributed by atoms with van der Waals surface area (Å²) in [6.07, 6.45) is -1.43. The molecule has 0 spiro atoms. The molecular weight excluding hydrogens is 190 g/mol. The minimum atomic E-state index is -2.69. The first-order chi connectivity index (χ1) is 6.61. The summed E-state index contributed by atoms with van der Waals surface area (Å²) < 4.78 is 29.8. The molecule has 0 bridgehead atoms. The second-order valence-electron chi connectivity index (χ2n) is 2.65. The summed E-state index contributed by atoms with van der Waals surface area (Å²) in [6, 6.07) is 1.67. The first-order valence-electron chi connectivity index (χ1n) is 3.83. The Labute approximate surface area is 79.9 Å². The van der Waals surface area contributed by atoms with Crippen molar-refractivity contribution in [1.29, 1.82) is 5.26 Å². The van der Waals surface area contributed by atoms with Crippen LogP contribution in [-0.4, -0.2) is 12.1 Å². The van der Waals surface area contributed by atoms with Crippen LogP contribution in [0.1, 0.15) is 23.1 Å². The number of pyridine rings is 1. The molecule has 0 unspecified atom stereocenters. The Kier molecular flexibility index (Phi) is 2.97. The van der Waals surface area contributed by atoms with Crippen molar-refractivity contribution in [3.63, 3.8) is 0 Å². The molecule has 0 aliphatic heterocycles. The van der Waals surface area contributed by atoms with E-state index in [4.69, 9.17) is 10.00 Å². The Morgan fingerprint density at radius 2 is 2.21 bits per heavy atom. The van der Waals surface area contributed by atoms with Crippen LogP contribution < -0.4 is 4.74 Å². The fraction of sp³-hybridized carbons (Fsp3) is 0.333. The lowest BCUT2D eigenvalue weighted by molar-refractivity contribution is 0.149. The Hall–Kier alpha value is -1.70. The molecule has 74 valence electrons. The zero-order valence-electron chi connectivity index (χ0n) is 7.71. The molecule has 0 saturated carbocycles. The van der Waals surface area contributed by atoms with Gasteiger partial charge in [-0.3, -0.25) is 0 Å². The largest absolute Gasteiger partial charge is 0.480 e. The Bertz CT molecular complexity index is 385. The number of hydrogen-bond donors (Lipinski definition) is 0. The van der Waals surface area contributed by atoms with Gasteiger partial charge >= 0.3 is 0 Å². The number of rotatable bonds is 2. The molecular formula is C9H8F2N2O. The second-order valence-corrected chi connectivity index (χ2v) is 2.65. The van der Waals surface area contributed by atoms with Gasteiger partial charge in [0.05, 0.1) is 7.11 Å². The number of aryl methyl sites for hydroxylation is 1. The maximum absolute atomic E-state index is 12.6. The van der Waals surface area contributed by atoms with Crippen molar-refractivity contribution < 1.29 is 13.5 Å². The van der Waals surface area contributed by atoms with Crippen molar-refractivity contribution in [3.05, 3.63) is 22.9 Å². The number of alkyl halides is 2. The predicted octanol–water partition coefficient (Wildman–Crippen LogP) is 2.21. The zero-order valence-corrected chi connectivity index (χ0v) is 7.71. The third kappa shape index (κ3) is 1.64. The minimum absolute atomic E-state index is 0.0617. The van der Waals surface area contributed by atoms with Crippen molar-refractivity contribution in [1.82, 2.24) is 4.98 Å². The summed E-state index contributed by atoms with van der Waals surface area (Å²) in [6.45, 7) is 1.48. The van der Waals surface area contributed by atoms with E-state index in [0.717, 1.165) is 0 Å². The number of hydrogen-bond acceptors (Lipinski definition) is 3. The molecule has 0 radical (unpaired) electrons. The number of nitriles is 1. The second kappa shape index (κ2) is 4.01. The number of ether oxygens (including phenoxy) is 1. The molecule has 1 aromatic heterocycles. The SMILES string of the molecule is COc1ncc(C)c(C(F)F)c1C#N. The van der Waals surface area contributed by atoms with Gasteiger partial charge in [-0.1, -0.05) is 0 Å². The third-order valence-electron chi connectivity index (χ3n) is 1.81. The van der Waals surface area contributed by atoms with Gasteiger partial charge in [-0.15, -0.1) is 0 Å². The fourth-order valence-electron chi connectivity index (χ4n) is 1.15. The molecule has 1 heterocycles. The highest BCUT2D eigenvalue weighted by Gasteiger charge is 2.20. The lowest BCUT2D eigenvalue weighted by Crippen LogP contribution is -2.00. The van der Waals surface area contributed by atoms with Crippen LogP contribution in [0.2, 0.25) is 0 Å². The van der Waals surface area contributed by atoms with Crippen LogP contribution in [0.25, 0.3) is 0 Å². The van der Waals surface area contributed by atoms with Gasteiger partial charge in [0.15, 0.2) is 0 Å². The van der Waals surface area contributed by atoms with E-state index >= 15 is 0 Å². The third-order valence-corrected chi connectivity index (χ3v) is 1.81. The highest BCUT2D eigenvalue weighted by molar-refractivity contribution is 5.48. The number of aromatic nitrogens is 1. The maximum Gasteiger partial charge on any atom is 0.265 e. The van der Waals surface area contributed by atoms with E-state index < -0.39 is 6.43 Å². The standard InChI is InChI=1S/C9H8F2N2O/c1-5-4-13-9(14-2)6(3-12)7(5)8(10)11/h4,8H,1-2H3. The van der Waals surface area contributed by atoms with Crippen molar-refractivity contribution in [2.24, 2.45) is 0 Å². The van der Waals surface area contributed by atoms with E-state index in [1.165, 1.54) is 20.2 Å². The van der Waals surface area contributed by atoms with Gasteiger partial charge in [0.25, 0.3) is 6.43 Å². The fourth-order valence-corrected chi connectivity index (χ4v) is 1.15. The number of methoxy groups -OCH3 is 1. The molecule has 0 saturated heterocycles. The van der Waals surface area contributed by atoms with Gasteiger partial charge < -0.3 is 4.74 Å². The van der Waals surface area contributed by atoms with Crippen molar-refractivity contribution in [3.8, 4) is 11.9 Å². The van der Waals surface area contributed by atoms with Crippen LogP contribution in [-0.2, 0) is 0 Å². The van der Waals surface area contributed by atoms with Crippen LogP contribution in [0, 0.1) is 18.3 Å². The van der Waals surface area contributed by atoms with Crippen LogP contribution in [0.5, 0.6) is 5.88 Å². The van der Waals surface area contributed by atoms with Crippen LogP contribution >= 0.6 is 0 Å². The molecule has 1 rings (SSSR count). The van der Waals surface area contributed by atoms with Gasteiger partial charge in [0.2, 0.25) is 5.88 Å². The summed E-state index contributed by atoms with van der Waals surface area (Å²) in [5.41, 5.74) is -0.209. The average molecular weight is 198 g/mol. The summed E-state index contributed by atoms with van der Waals surface area (Å²) in [7, 11) is 1.29. The molecule has 1 aromatic rings. The van der Waals surface area contributed by atoms with E-state index in [9.17, 15) is 8.78 Å². The first-order valence-corrected chi connectivity index (χ1v) is 3.83. The lowest BCUT2D eigenvalue weighted by Gasteiger charge is -2.09. The smallest absolute Gasteiger partial charge is 0.265 e. The van der Waals surface area contributed by atoms with Gasteiger partial charge in [-0.2, -0.15) is 5.26 Å². The topological polar surface area (TPSA) is 45.9 Å². The van der Waals surface area contributed by atoms with E-state index in [1.807, 2.05) is 0 Å². The van der Waals surface area contributed by atoms with Crippen LogP contribution in [0.15, 0.2) is 6.20 Å². The zero-order chi connectivity index (χ0) is 10.7. The van der Waals surface area contributed by atoms with Crippen molar-refractivity contribution in [2.75, 3.05) is 7.11 Å². The van der Waals surface area contributed by atoms with E-state index in [2.05, 4.69) is 4.98 Å². The summed E-state index contributed by atoms with van der Waals surface area (Å²) in [4.78, 5) is 3.73. The van der Waals surface area contributed by atoms with Crippen LogP contribution in [0.3, 0.4) is 0 Å². The van der Waals surface area contributed by atoms with Gasteiger partial charge in [0, 0.05) is 11.8 Å². The molecule has 0 aromatic carbocycles. The Morgan fingerprint density at radius 1 is 1.57 bits per heavy atom. The molecule has 0 N–H and O–H groups in total. The number of nitrogens with zero attached hydrogens (tertiary/aromatic N) is 2. The highest BCUT2D eigenvalue weighted by Crippen LogP contribution is 2.30. The Morgan fingerprint density at radius 3 is 2.64 bits per heavy atom. The normalized spacial score (nSPS) is 10.0. The highest BCUT2D eigenvalue weighted by atomic mass is 19.3. The number of halogens is 2. The molecule has 0 fully saturated rings. The van der Waals surface area contributed by atoms with E-state index in [-0.39, 0.29) is 22.6 Å². The van der Waals surface area contributed by atoms with Crippen molar-refractivity contribution in [2.45, 2.75) is 13.3 Å². The predicted molar refractivity (Wildman–Crippen MR) is 45.2 cm³/mol. The average Bonchev–Trinajstić information content (AvgIpc) is 2.16. The molecule has 0 aliphatic carbocycles. The molecule has 0 amide bonds. The molecule has 0 atom stereocenters. The van der Waals surface area contributed by atoms with Gasteiger partial charge in [-0.25, -0.2) is 13.8 Å². The molecule has 0 aliphatic rings. The van der Waals surface area contributed by atoms with E-state index in [1.54, 1.807) is 6.07 Å². The summed E-state index contributed by atoms with van der Waals surface area (Å²) in [5.74, 6) is -0.0617. The van der Waals surface area contributed by atoms with Crippen LogP contribution in [0.4, 0.5) is 8.78 Å². The van der Waals surface area contributed by atoms with Gasteiger partial charge in [-0.05, 0) is 12.5 Å². The minimum Gasteiger partial charge on any atom is -0.480 e. The quantitative estimate of drug-likeness (QED) is 0.731. The molecule has 14 heavy (non-hydrogen) atoms. The molecule has 5 heteroatoms. The Balaban J connectivity index is 3.45. The van der Waals surface area contributed by atoms with Crippen molar-refractivity contribution >= 4 is 0 Å².